The number of carbonyl (C=O) groups is 1. The molecule has 0 heterocycles. The summed E-state index contributed by atoms with van der Waals surface area (Å²) in [7, 11) is 0. The van der Waals surface area contributed by atoms with Crippen LogP contribution in [0, 0.1) is 6.92 Å². The van der Waals surface area contributed by atoms with Gasteiger partial charge in [-0.25, -0.2) is 0 Å². The van der Waals surface area contributed by atoms with Crippen molar-refractivity contribution in [2.45, 2.75) is 31.9 Å². The van der Waals surface area contributed by atoms with E-state index >= 15 is 0 Å². The summed E-state index contributed by atoms with van der Waals surface area (Å²) in [5.74, 6) is -0.290. The molecule has 0 spiro atoms. The van der Waals surface area contributed by atoms with Gasteiger partial charge in [-0.3, -0.25) is 4.79 Å². The number of benzene rings is 1. The molecule has 1 unspecified atom stereocenters. The number of hydrogen-bond acceptors (Lipinski definition) is 2. The average molecular weight is 205 g/mol. The van der Waals surface area contributed by atoms with Crippen molar-refractivity contribution < 1.29 is 9.90 Å². The van der Waals surface area contributed by atoms with Crippen LogP contribution in [0.4, 0.5) is 0 Å². The molecule has 1 atom stereocenters. The van der Waals surface area contributed by atoms with Crippen molar-refractivity contribution in [1.82, 2.24) is 5.32 Å². The van der Waals surface area contributed by atoms with Crippen LogP contribution >= 0.6 is 0 Å². The predicted molar refractivity (Wildman–Crippen MR) is 57.3 cm³/mol. The Morgan fingerprint density at radius 2 is 2.00 bits per heavy atom. The molecule has 0 aliphatic heterocycles. The van der Waals surface area contributed by atoms with Crippen LogP contribution < -0.4 is 5.32 Å². The first-order valence-electron chi connectivity index (χ1n) is 5.22. The molecule has 0 aromatic heterocycles. The lowest BCUT2D eigenvalue weighted by Gasteiger charge is -2.11. The van der Waals surface area contributed by atoms with E-state index < -0.39 is 6.10 Å². The highest BCUT2D eigenvalue weighted by Gasteiger charge is 2.26. The molecule has 3 heteroatoms. The Labute approximate surface area is 89.1 Å². The summed E-state index contributed by atoms with van der Waals surface area (Å²) in [6.07, 6.45) is 1.03. The number of nitrogens with one attached hydrogen (secondary N) is 1. The maximum absolute atomic E-state index is 11.5. The van der Waals surface area contributed by atoms with E-state index in [4.69, 9.17) is 0 Å². The van der Waals surface area contributed by atoms with Gasteiger partial charge in [0.05, 0.1) is 0 Å². The molecule has 1 aromatic rings. The zero-order valence-electron chi connectivity index (χ0n) is 8.73. The van der Waals surface area contributed by atoms with Crippen molar-refractivity contribution in [1.29, 1.82) is 0 Å². The lowest BCUT2D eigenvalue weighted by molar-refractivity contribution is -0.129. The van der Waals surface area contributed by atoms with Crippen LogP contribution in [0.5, 0.6) is 0 Å². The van der Waals surface area contributed by atoms with Gasteiger partial charge in [0.2, 0.25) is 0 Å². The normalized spacial score (nSPS) is 17.2. The van der Waals surface area contributed by atoms with E-state index in [0.717, 1.165) is 18.4 Å². The summed E-state index contributed by atoms with van der Waals surface area (Å²) in [5.41, 5.74) is 1.77. The van der Waals surface area contributed by atoms with Crippen LogP contribution in [0.2, 0.25) is 0 Å². The molecule has 1 fully saturated rings. The number of amides is 1. The SMILES string of the molecule is Cc1ccc(C(O)C(=O)NC2CC2)cc1. The van der Waals surface area contributed by atoms with E-state index in [1.54, 1.807) is 12.1 Å². The zero-order chi connectivity index (χ0) is 10.8. The lowest BCUT2D eigenvalue weighted by Crippen LogP contribution is -2.30. The minimum Gasteiger partial charge on any atom is -0.378 e. The van der Waals surface area contributed by atoms with Gasteiger partial charge in [-0.05, 0) is 25.3 Å². The van der Waals surface area contributed by atoms with Gasteiger partial charge < -0.3 is 10.4 Å². The summed E-state index contributed by atoms with van der Waals surface area (Å²) in [5, 5.41) is 12.5. The number of rotatable bonds is 3. The van der Waals surface area contributed by atoms with Crippen LogP contribution in [-0.2, 0) is 4.79 Å². The van der Waals surface area contributed by atoms with Crippen LogP contribution in [0.3, 0.4) is 0 Å². The number of carbonyl (C=O) groups excluding carboxylic acids is 1. The van der Waals surface area contributed by atoms with Crippen molar-refractivity contribution >= 4 is 5.91 Å². The molecule has 2 N–H and O–H groups in total. The Balaban J connectivity index is 2.02. The first kappa shape index (κ1) is 10.2. The molecule has 0 saturated heterocycles. The molecule has 1 saturated carbocycles. The monoisotopic (exact) mass is 205 g/mol. The van der Waals surface area contributed by atoms with Gasteiger partial charge in [0, 0.05) is 6.04 Å². The first-order chi connectivity index (χ1) is 7.16. The summed E-state index contributed by atoms with van der Waals surface area (Å²) < 4.78 is 0. The summed E-state index contributed by atoms with van der Waals surface area (Å²) in [4.78, 5) is 11.5. The highest BCUT2D eigenvalue weighted by atomic mass is 16.3. The van der Waals surface area contributed by atoms with Crippen molar-refractivity contribution in [3.05, 3.63) is 35.4 Å². The minimum atomic E-state index is -1.04. The van der Waals surface area contributed by atoms with E-state index in [2.05, 4.69) is 5.32 Å². The molecule has 0 bridgehead atoms. The molecule has 1 aliphatic carbocycles. The Hall–Kier alpha value is -1.35. The van der Waals surface area contributed by atoms with E-state index in [-0.39, 0.29) is 11.9 Å². The van der Waals surface area contributed by atoms with Crippen LogP contribution in [0.15, 0.2) is 24.3 Å². The third-order valence-corrected chi connectivity index (χ3v) is 2.57. The Bertz CT molecular complexity index is 354. The molecular weight excluding hydrogens is 190 g/mol. The van der Waals surface area contributed by atoms with Gasteiger partial charge in [-0.2, -0.15) is 0 Å². The van der Waals surface area contributed by atoms with Gasteiger partial charge in [0.1, 0.15) is 0 Å². The Morgan fingerprint density at radius 3 is 2.53 bits per heavy atom. The Morgan fingerprint density at radius 1 is 1.40 bits per heavy atom. The molecule has 80 valence electrons. The fourth-order valence-corrected chi connectivity index (χ4v) is 1.41. The molecule has 1 aliphatic rings. The minimum absolute atomic E-state index is 0.289. The molecule has 2 rings (SSSR count). The van der Waals surface area contributed by atoms with Gasteiger partial charge in [0.25, 0.3) is 5.91 Å². The van der Waals surface area contributed by atoms with Crippen LogP contribution in [0.25, 0.3) is 0 Å². The second kappa shape index (κ2) is 4.03. The number of hydrogen-bond donors (Lipinski definition) is 2. The molecule has 15 heavy (non-hydrogen) atoms. The number of aryl methyl sites for hydroxylation is 1. The highest BCUT2D eigenvalue weighted by Crippen LogP contribution is 2.21. The molecular formula is C12H15NO2. The van der Waals surface area contributed by atoms with Gasteiger partial charge in [-0.1, -0.05) is 29.8 Å². The third-order valence-electron chi connectivity index (χ3n) is 2.57. The van der Waals surface area contributed by atoms with Gasteiger partial charge in [0.15, 0.2) is 6.10 Å². The van der Waals surface area contributed by atoms with Crippen molar-refractivity contribution in [2.24, 2.45) is 0 Å². The van der Waals surface area contributed by atoms with E-state index in [9.17, 15) is 9.90 Å². The van der Waals surface area contributed by atoms with Crippen molar-refractivity contribution in [2.75, 3.05) is 0 Å². The van der Waals surface area contributed by atoms with Crippen molar-refractivity contribution in [3.8, 4) is 0 Å². The number of aliphatic hydroxyl groups excluding tert-OH is 1. The van der Waals surface area contributed by atoms with E-state index in [0.29, 0.717) is 5.56 Å². The fraction of sp³-hybridized carbons (Fsp3) is 0.417. The smallest absolute Gasteiger partial charge is 0.253 e. The maximum Gasteiger partial charge on any atom is 0.253 e. The predicted octanol–water partition coefficient (Wildman–Crippen LogP) is 1.31. The summed E-state index contributed by atoms with van der Waals surface area (Å²) >= 11 is 0. The molecule has 1 amide bonds. The largest absolute Gasteiger partial charge is 0.378 e. The standard InChI is InChI=1S/C12H15NO2/c1-8-2-4-9(5-3-8)11(14)12(15)13-10-6-7-10/h2-5,10-11,14H,6-7H2,1H3,(H,13,15). The third kappa shape index (κ3) is 2.57. The molecule has 1 aromatic carbocycles. The molecule has 0 radical (unpaired) electrons. The molecule has 3 nitrogen and oxygen atoms in total. The highest BCUT2D eigenvalue weighted by molar-refractivity contribution is 5.82. The van der Waals surface area contributed by atoms with E-state index in [1.807, 2.05) is 19.1 Å². The fourth-order valence-electron chi connectivity index (χ4n) is 1.41. The second-order valence-corrected chi connectivity index (χ2v) is 4.10. The van der Waals surface area contributed by atoms with Crippen LogP contribution in [0.1, 0.15) is 30.1 Å². The number of aliphatic hydroxyl groups is 1. The van der Waals surface area contributed by atoms with E-state index in [1.165, 1.54) is 0 Å². The lowest BCUT2D eigenvalue weighted by atomic mass is 10.1. The summed E-state index contributed by atoms with van der Waals surface area (Å²) in [6.45, 7) is 1.97. The first-order valence-corrected chi connectivity index (χ1v) is 5.22. The van der Waals surface area contributed by atoms with Crippen LogP contribution in [-0.4, -0.2) is 17.1 Å². The topological polar surface area (TPSA) is 49.3 Å². The zero-order valence-corrected chi connectivity index (χ0v) is 8.73. The average Bonchev–Trinajstić information content (AvgIpc) is 3.02. The van der Waals surface area contributed by atoms with Gasteiger partial charge in [-0.15, -0.1) is 0 Å². The maximum atomic E-state index is 11.5. The van der Waals surface area contributed by atoms with Gasteiger partial charge >= 0.3 is 0 Å². The second-order valence-electron chi connectivity index (χ2n) is 4.10. The van der Waals surface area contributed by atoms with Crippen molar-refractivity contribution in [3.63, 3.8) is 0 Å². The summed E-state index contributed by atoms with van der Waals surface area (Å²) in [6, 6.07) is 7.64. The quantitative estimate of drug-likeness (QED) is 0.781. The Kier molecular flexibility index (Phi) is 2.73.